The first kappa shape index (κ1) is 13.2. The molecule has 0 atom stereocenters. The third-order valence-corrected chi connectivity index (χ3v) is 2.48. The lowest BCUT2D eigenvalue weighted by molar-refractivity contribution is -0.136. The van der Waals surface area contributed by atoms with Gasteiger partial charge in [-0.3, -0.25) is 4.79 Å². The predicted molar refractivity (Wildman–Crippen MR) is 63.5 cm³/mol. The van der Waals surface area contributed by atoms with E-state index in [1.807, 2.05) is 13.8 Å². The standard InChI is InChI=1S/C11H15N5O3/c1-7(2)11-12-9(19-14-11)6-16-5-8(13-15-16)3-4-10(17)18/h5,7H,3-4,6H2,1-2H3,(H,17,18). The van der Waals surface area contributed by atoms with Crippen molar-refractivity contribution in [2.75, 3.05) is 0 Å². The van der Waals surface area contributed by atoms with Crippen LogP contribution in [0.1, 0.15) is 43.6 Å². The Bertz CT molecular complexity index is 560. The van der Waals surface area contributed by atoms with Gasteiger partial charge in [0, 0.05) is 18.5 Å². The Morgan fingerprint density at radius 1 is 1.53 bits per heavy atom. The SMILES string of the molecule is CC(C)c1noc(Cn2cc(CCC(=O)O)nn2)n1. The van der Waals surface area contributed by atoms with Crippen molar-refractivity contribution >= 4 is 5.97 Å². The fourth-order valence-corrected chi connectivity index (χ4v) is 1.47. The van der Waals surface area contributed by atoms with Crippen molar-refractivity contribution in [3.8, 4) is 0 Å². The second-order valence-electron chi connectivity index (χ2n) is 4.50. The van der Waals surface area contributed by atoms with Gasteiger partial charge in [0.1, 0.15) is 6.54 Å². The maximum Gasteiger partial charge on any atom is 0.303 e. The van der Waals surface area contributed by atoms with E-state index in [9.17, 15) is 4.79 Å². The first-order chi connectivity index (χ1) is 9.04. The van der Waals surface area contributed by atoms with Gasteiger partial charge in [-0.1, -0.05) is 24.2 Å². The van der Waals surface area contributed by atoms with Gasteiger partial charge in [-0.15, -0.1) is 5.10 Å². The molecule has 8 nitrogen and oxygen atoms in total. The average Bonchev–Trinajstić information content (AvgIpc) is 2.96. The molecule has 0 saturated carbocycles. The molecule has 0 saturated heterocycles. The summed E-state index contributed by atoms with van der Waals surface area (Å²) in [6, 6.07) is 0. The van der Waals surface area contributed by atoms with Gasteiger partial charge in [0.2, 0.25) is 5.89 Å². The maximum absolute atomic E-state index is 10.4. The van der Waals surface area contributed by atoms with Crippen LogP contribution in [-0.2, 0) is 17.8 Å². The third-order valence-electron chi connectivity index (χ3n) is 2.48. The van der Waals surface area contributed by atoms with Crippen LogP contribution in [0.25, 0.3) is 0 Å². The van der Waals surface area contributed by atoms with Crippen molar-refractivity contribution in [1.82, 2.24) is 25.1 Å². The van der Waals surface area contributed by atoms with Crippen molar-refractivity contribution < 1.29 is 14.4 Å². The largest absolute Gasteiger partial charge is 0.481 e. The molecule has 0 spiro atoms. The van der Waals surface area contributed by atoms with Gasteiger partial charge in [0.15, 0.2) is 5.82 Å². The molecular weight excluding hydrogens is 250 g/mol. The predicted octanol–water partition coefficient (Wildman–Crippen LogP) is 0.850. The van der Waals surface area contributed by atoms with Crippen LogP contribution in [0.4, 0.5) is 0 Å². The molecule has 0 aliphatic rings. The van der Waals surface area contributed by atoms with E-state index in [2.05, 4.69) is 20.5 Å². The van der Waals surface area contributed by atoms with Crippen LogP contribution in [-0.4, -0.2) is 36.2 Å². The van der Waals surface area contributed by atoms with E-state index in [1.54, 1.807) is 10.9 Å². The Balaban J connectivity index is 1.97. The van der Waals surface area contributed by atoms with Crippen LogP contribution >= 0.6 is 0 Å². The lowest BCUT2D eigenvalue weighted by Gasteiger charge is -1.94. The summed E-state index contributed by atoms with van der Waals surface area (Å²) in [5.74, 6) is 0.465. The van der Waals surface area contributed by atoms with Gasteiger partial charge in [0.25, 0.3) is 0 Å². The summed E-state index contributed by atoms with van der Waals surface area (Å²) in [5, 5.41) is 20.2. The number of nitrogens with zero attached hydrogens (tertiary/aromatic N) is 5. The highest BCUT2D eigenvalue weighted by atomic mass is 16.5. The Morgan fingerprint density at radius 2 is 2.32 bits per heavy atom. The maximum atomic E-state index is 10.4. The molecule has 0 radical (unpaired) electrons. The smallest absolute Gasteiger partial charge is 0.303 e. The summed E-state index contributed by atoms with van der Waals surface area (Å²) in [4.78, 5) is 14.7. The zero-order chi connectivity index (χ0) is 13.8. The lowest BCUT2D eigenvalue weighted by atomic mass is 10.2. The molecule has 2 rings (SSSR count). The number of carbonyl (C=O) groups is 1. The normalized spacial score (nSPS) is 11.1. The highest BCUT2D eigenvalue weighted by molar-refractivity contribution is 5.66. The van der Waals surface area contributed by atoms with Gasteiger partial charge >= 0.3 is 5.97 Å². The summed E-state index contributed by atoms with van der Waals surface area (Å²) in [6.45, 7) is 4.29. The molecule has 8 heteroatoms. The number of hydrogen-bond donors (Lipinski definition) is 1. The quantitative estimate of drug-likeness (QED) is 0.824. The molecule has 0 bridgehead atoms. The number of aromatic nitrogens is 5. The van der Waals surface area contributed by atoms with Crippen molar-refractivity contribution in [2.24, 2.45) is 0 Å². The molecule has 0 fully saturated rings. The van der Waals surface area contributed by atoms with Crippen molar-refractivity contribution in [2.45, 2.75) is 39.2 Å². The Morgan fingerprint density at radius 3 is 2.95 bits per heavy atom. The Hall–Kier alpha value is -2.25. The molecule has 2 aromatic rings. The van der Waals surface area contributed by atoms with Crippen LogP contribution in [0.2, 0.25) is 0 Å². The van der Waals surface area contributed by atoms with E-state index in [0.29, 0.717) is 30.4 Å². The van der Waals surface area contributed by atoms with E-state index in [4.69, 9.17) is 9.63 Å². The summed E-state index contributed by atoms with van der Waals surface area (Å²) in [6.07, 6.45) is 2.08. The number of carboxylic acids is 1. The molecule has 0 aliphatic carbocycles. The van der Waals surface area contributed by atoms with Crippen LogP contribution < -0.4 is 0 Å². The Labute approximate surface area is 109 Å². The Kier molecular flexibility index (Phi) is 3.88. The average molecular weight is 265 g/mol. The minimum absolute atomic E-state index is 0.0384. The number of aryl methyl sites for hydroxylation is 1. The summed E-state index contributed by atoms with van der Waals surface area (Å²) in [7, 11) is 0. The van der Waals surface area contributed by atoms with E-state index >= 15 is 0 Å². The molecule has 1 N–H and O–H groups in total. The second kappa shape index (κ2) is 5.59. The minimum Gasteiger partial charge on any atom is -0.481 e. The highest BCUT2D eigenvalue weighted by Crippen LogP contribution is 2.10. The molecule has 0 aliphatic heterocycles. The zero-order valence-corrected chi connectivity index (χ0v) is 10.8. The van der Waals surface area contributed by atoms with Gasteiger partial charge < -0.3 is 9.63 Å². The summed E-state index contributed by atoms with van der Waals surface area (Å²) < 4.78 is 6.64. The fourth-order valence-electron chi connectivity index (χ4n) is 1.47. The van der Waals surface area contributed by atoms with Crippen molar-refractivity contribution in [1.29, 1.82) is 0 Å². The van der Waals surface area contributed by atoms with Crippen LogP contribution in [0.5, 0.6) is 0 Å². The van der Waals surface area contributed by atoms with Crippen LogP contribution in [0, 0.1) is 0 Å². The van der Waals surface area contributed by atoms with Gasteiger partial charge in [-0.05, 0) is 0 Å². The molecule has 2 aromatic heterocycles. The van der Waals surface area contributed by atoms with E-state index in [0.717, 1.165) is 0 Å². The van der Waals surface area contributed by atoms with Gasteiger partial charge in [-0.2, -0.15) is 4.98 Å². The fraction of sp³-hybridized carbons (Fsp3) is 0.545. The first-order valence-electron chi connectivity index (χ1n) is 5.98. The summed E-state index contributed by atoms with van der Waals surface area (Å²) in [5.41, 5.74) is 0.631. The van der Waals surface area contributed by atoms with Gasteiger partial charge in [0.05, 0.1) is 12.1 Å². The number of aliphatic carboxylic acids is 1. The topological polar surface area (TPSA) is 107 Å². The molecule has 0 amide bonds. The highest BCUT2D eigenvalue weighted by Gasteiger charge is 2.11. The van der Waals surface area contributed by atoms with E-state index in [-0.39, 0.29) is 12.3 Å². The molecule has 19 heavy (non-hydrogen) atoms. The zero-order valence-electron chi connectivity index (χ0n) is 10.8. The summed E-state index contributed by atoms with van der Waals surface area (Å²) >= 11 is 0. The number of hydrogen-bond acceptors (Lipinski definition) is 6. The van der Waals surface area contributed by atoms with Crippen molar-refractivity contribution in [3.63, 3.8) is 0 Å². The molecule has 0 aromatic carbocycles. The third kappa shape index (κ3) is 3.60. The van der Waals surface area contributed by atoms with E-state index < -0.39 is 5.97 Å². The van der Waals surface area contributed by atoms with Crippen molar-refractivity contribution in [3.05, 3.63) is 23.6 Å². The molecule has 102 valence electrons. The second-order valence-corrected chi connectivity index (χ2v) is 4.50. The first-order valence-corrected chi connectivity index (χ1v) is 5.98. The number of carboxylic acid groups (broad SMARTS) is 1. The van der Waals surface area contributed by atoms with Gasteiger partial charge in [-0.25, -0.2) is 4.68 Å². The monoisotopic (exact) mass is 265 g/mol. The minimum atomic E-state index is -0.854. The molecule has 2 heterocycles. The molecule has 0 unspecified atom stereocenters. The van der Waals surface area contributed by atoms with Crippen LogP contribution in [0.15, 0.2) is 10.7 Å². The lowest BCUT2D eigenvalue weighted by Crippen LogP contribution is -2.01. The molecular formula is C11H15N5O3. The van der Waals surface area contributed by atoms with Crippen LogP contribution in [0.3, 0.4) is 0 Å². The number of rotatable bonds is 6. The van der Waals surface area contributed by atoms with E-state index in [1.165, 1.54) is 0 Å².